The summed E-state index contributed by atoms with van der Waals surface area (Å²) in [5.41, 5.74) is 6.52. The van der Waals surface area contributed by atoms with E-state index in [-0.39, 0.29) is 18.9 Å². The van der Waals surface area contributed by atoms with Gasteiger partial charge in [-0.2, -0.15) is 0 Å². The van der Waals surface area contributed by atoms with Crippen LogP contribution in [-0.2, 0) is 0 Å². The van der Waals surface area contributed by atoms with Gasteiger partial charge in [0.05, 0.1) is 0 Å². The largest absolute Gasteiger partial charge is 1.00 e. The van der Waals surface area contributed by atoms with E-state index in [2.05, 4.69) is 53.9 Å². The summed E-state index contributed by atoms with van der Waals surface area (Å²) in [5, 5.41) is 3.56. The van der Waals surface area contributed by atoms with Crippen molar-refractivity contribution in [3.05, 3.63) is 65.2 Å². The van der Waals surface area contributed by atoms with E-state index in [0.29, 0.717) is 6.04 Å². The van der Waals surface area contributed by atoms with Gasteiger partial charge in [0.1, 0.15) is 0 Å². The van der Waals surface area contributed by atoms with Crippen LogP contribution in [0.5, 0.6) is 0 Å². The van der Waals surface area contributed by atoms with Gasteiger partial charge in [0.2, 0.25) is 0 Å². The van der Waals surface area contributed by atoms with Crippen LogP contribution in [-0.4, -0.2) is 0 Å². The van der Waals surface area contributed by atoms with Crippen molar-refractivity contribution in [2.24, 2.45) is 0 Å². The Morgan fingerprint density at radius 1 is 1.06 bits per heavy atom. The van der Waals surface area contributed by atoms with Gasteiger partial charge in [0, 0.05) is 11.7 Å². The normalized spacial score (nSPS) is 18.4. The first kappa shape index (κ1) is 10.7. The maximum atomic E-state index is 3.56. The molecule has 1 aliphatic carbocycles. The second kappa shape index (κ2) is 3.80. The number of fused-ring (bicyclic) bond motifs is 5. The van der Waals surface area contributed by atoms with E-state index in [1.807, 2.05) is 6.07 Å². The van der Waals surface area contributed by atoms with Crippen LogP contribution in [0.1, 0.15) is 22.7 Å². The van der Waals surface area contributed by atoms with E-state index in [1.165, 1.54) is 28.0 Å². The number of anilines is 1. The van der Waals surface area contributed by atoms with Crippen molar-refractivity contribution < 1.29 is 18.9 Å². The summed E-state index contributed by atoms with van der Waals surface area (Å²) in [4.78, 5) is 0. The van der Waals surface area contributed by atoms with Crippen LogP contribution in [0.15, 0.2) is 42.5 Å². The molecule has 17 heavy (non-hydrogen) atoms. The van der Waals surface area contributed by atoms with Crippen LogP contribution in [0.25, 0.3) is 11.6 Å². The number of para-hydroxylation sites is 1. The smallest absolute Gasteiger partial charge is 0.382 e. The fourth-order valence-corrected chi connectivity index (χ4v) is 2.65. The molecular weight excluding hydrogens is 201 g/mol. The molecule has 1 aliphatic heterocycles. The number of hydrogen-bond acceptors (Lipinski definition) is 1. The fraction of sp³-hybridized carbons (Fsp3) is 0.0667. The molecule has 2 aromatic rings. The molecule has 0 saturated carbocycles. The third-order valence-electron chi connectivity index (χ3n) is 3.38. The van der Waals surface area contributed by atoms with Crippen LogP contribution in [0.3, 0.4) is 0 Å². The molecule has 4 rings (SSSR count). The SMILES string of the molecule is [Li+].[c-]1cccc2c1C=C1c3ccccc3NC12. The molecule has 76 valence electrons. The summed E-state index contributed by atoms with van der Waals surface area (Å²) < 4.78 is 0. The summed E-state index contributed by atoms with van der Waals surface area (Å²) in [6.45, 7) is 0. The number of nitrogens with one attached hydrogen (secondary N) is 1. The van der Waals surface area contributed by atoms with Crippen molar-refractivity contribution >= 4 is 17.3 Å². The number of hydrogen-bond donors (Lipinski definition) is 1. The monoisotopic (exact) mass is 211 g/mol. The van der Waals surface area contributed by atoms with Gasteiger partial charge in [-0.3, -0.25) is 0 Å². The molecule has 2 aliphatic rings. The maximum Gasteiger partial charge on any atom is 1.00 e. The van der Waals surface area contributed by atoms with Crippen LogP contribution in [0.2, 0.25) is 0 Å². The van der Waals surface area contributed by atoms with Crippen LogP contribution in [0, 0.1) is 6.07 Å². The quantitative estimate of drug-likeness (QED) is 0.494. The molecule has 1 atom stereocenters. The van der Waals surface area contributed by atoms with Gasteiger partial charge in [-0.05, 0) is 11.6 Å². The topological polar surface area (TPSA) is 12.0 Å². The van der Waals surface area contributed by atoms with Gasteiger partial charge in [-0.25, -0.2) is 0 Å². The Kier molecular flexibility index (Phi) is 2.40. The molecule has 1 nitrogen and oxygen atoms in total. The molecule has 2 heteroatoms. The van der Waals surface area contributed by atoms with Crippen molar-refractivity contribution in [3.8, 4) is 0 Å². The van der Waals surface area contributed by atoms with Crippen molar-refractivity contribution in [1.82, 2.24) is 0 Å². The Bertz CT molecular complexity index is 616. The third kappa shape index (κ3) is 1.40. The minimum absolute atomic E-state index is 0. The molecular formula is C15H10LiN. The zero-order valence-corrected chi connectivity index (χ0v) is 9.70. The van der Waals surface area contributed by atoms with E-state index < -0.39 is 0 Å². The predicted octanol–water partition coefficient (Wildman–Crippen LogP) is 0.512. The average Bonchev–Trinajstić information content (AvgIpc) is 2.85. The van der Waals surface area contributed by atoms with E-state index in [4.69, 9.17) is 0 Å². The summed E-state index contributed by atoms with van der Waals surface area (Å²) >= 11 is 0. The Labute approximate surface area is 113 Å². The van der Waals surface area contributed by atoms with Crippen LogP contribution < -0.4 is 24.2 Å². The molecule has 0 radical (unpaired) electrons. The van der Waals surface area contributed by atoms with Crippen molar-refractivity contribution in [2.75, 3.05) is 5.32 Å². The third-order valence-corrected chi connectivity index (χ3v) is 3.38. The summed E-state index contributed by atoms with van der Waals surface area (Å²) in [6, 6.07) is 18.3. The predicted molar refractivity (Wildman–Crippen MR) is 66.0 cm³/mol. The van der Waals surface area contributed by atoms with Gasteiger partial charge in [-0.15, -0.1) is 41.5 Å². The minimum atomic E-state index is 0. The molecule has 0 bridgehead atoms. The van der Waals surface area contributed by atoms with Crippen molar-refractivity contribution in [2.45, 2.75) is 6.04 Å². The van der Waals surface area contributed by atoms with E-state index >= 15 is 0 Å². The van der Waals surface area contributed by atoms with E-state index in [0.717, 1.165) is 0 Å². The van der Waals surface area contributed by atoms with Crippen LogP contribution >= 0.6 is 0 Å². The summed E-state index contributed by atoms with van der Waals surface area (Å²) in [7, 11) is 0. The molecule has 0 saturated heterocycles. The van der Waals surface area contributed by atoms with Gasteiger partial charge in [0.25, 0.3) is 0 Å². The van der Waals surface area contributed by atoms with Crippen molar-refractivity contribution in [1.29, 1.82) is 0 Å². The fourth-order valence-electron chi connectivity index (χ4n) is 2.65. The molecule has 1 unspecified atom stereocenters. The van der Waals surface area contributed by atoms with Gasteiger partial charge in [0.15, 0.2) is 0 Å². The minimum Gasteiger partial charge on any atom is -0.382 e. The first-order valence-electron chi connectivity index (χ1n) is 5.51. The first-order chi connectivity index (χ1) is 7.93. The van der Waals surface area contributed by atoms with Crippen molar-refractivity contribution in [3.63, 3.8) is 0 Å². The molecule has 1 heterocycles. The standard InChI is InChI=1S/C15H10N.Li/c1-2-6-11-10(5-1)9-13-12-7-3-4-8-14(12)16-15(11)13;/h1-4,6-9,15-16H;/q-1;+1. The molecule has 2 aromatic carbocycles. The Morgan fingerprint density at radius 2 is 1.94 bits per heavy atom. The first-order valence-corrected chi connectivity index (χ1v) is 5.51. The second-order valence-electron chi connectivity index (χ2n) is 4.26. The number of rotatable bonds is 0. The summed E-state index contributed by atoms with van der Waals surface area (Å²) in [5.74, 6) is 0. The zero-order chi connectivity index (χ0) is 10.5. The number of benzene rings is 2. The molecule has 0 amide bonds. The van der Waals surface area contributed by atoms with Gasteiger partial charge >= 0.3 is 18.9 Å². The van der Waals surface area contributed by atoms with Gasteiger partial charge < -0.3 is 5.32 Å². The van der Waals surface area contributed by atoms with E-state index in [9.17, 15) is 0 Å². The van der Waals surface area contributed by atoms with Crippen LogP contribution in [0.4, 0.5) is 5.69 Å². The Hall–Kier alpha value is -1.42. The second-order valence-corrected chi connectivity index (χ2v) is 4.26. The van der Waals surface area contributed by atoms with Gasteiger partial charge in [-0.1, -0.05) is 23.8 Å². The zero-order valence-electron chi connectivity index (χ0n) is 9.70. The molecule has 0 aromatic heterocycles. The maximum absolute atomic E-state index is 3.56. The Morgan fingerprint density at radius 3 is 2.88 bits per heavy atom. The molecule has 0 spiro atoms. The van der Waals surface area contributed by atoms with E-state index in [1.54, 1.807) is 0 Å². The molecule has 0 fully saturated rings. The summed E-state index contributed by atoms with van der Waals surface area (Å²) in [6.07, 6.45) is 2.25. The molecule has 1 N–H and O–H groups in total. The average molecular weight is 211 g/mol. The Balaban J connectivity index is 0.000000902.